The molecule has 0 saturated carbocycles. The molecule has 0 spiro atoms. The summed E-state index contributed by atoms with van der Waals surface area (Å²) in [5, 5.41) is 13.3. The third-order valence-corrected chi connectivity index (χ3v) is 3.61. The summed E-state index contributed by atoms with van der Waals surface area (Å²) in [5.74, 6) is -0.220. The number of halogens is 1. The molecular weight excluding hydrogens is 326 g/mol. The Morgan fingerprint density at radius 2 is 2.10 bits per heavy atom. The van der Waals surface area contributed by atoms with Gasteiger partial charge in [0.05, 0.1) is 10.6 Å². The Labute approximate surface area is 126 Å². The highest BCUT2D eigenvalue weighted by Gasteiger charge is 2.23. The molecule has 0 aliphatic rings. The smallest absolute Gasteiger partial charge is 0.270 e. The van der Waals surface area contributed by atoms with Crippen LogP contribution in [-0.2, 0) is 4.79 Å². The lowest BCUT2D eigenvalue weighted by molar-refractivity contribution is -0.384. The van der Waals surface area contributed by atoms with Crippen LogP contribution in [0.2, 0.25) is 0 Å². The summed E-state index contributed by atoms with van der Waals surface area (Å²) >= 11 is 3.20. The maximum Gasteiger partial charge on any atom is 0.270 e. The molecule has 6 nitrogen and oxygen atoms in total. The Bertz CT molecular complexity index is 526. The number of carbonyl (C=O) groups is 1. The Balaban J connectivity index is 2.74. The summed E-state index contributed by atoms with van der Waals surface area (Å²) in [6, 6.07) is 3.91. The molecule has 0 aromatic heterocycles. The van der Waals surface area contributed by atoms with E-state index < -0.39 is 4.92 Å². The monoisotopic (exact) mass is 343 g/mol. The molecule has 1 rings (SSSR count). The minimum Gasteiger partial charge on any atom is -0.327 e. The van der Waals surface area contributed by atoms with Crippen molar-refractivity contribution in [3.8, 4) is 0 Å². The lowest BCUT2D eigenvalue weighted by Gasteiger charge is -2.26. The van der Waals surface area contributed by atoms with Crippen LogP contribution < -0.4 is 11.1 Å². The van der Waals surface area contributed by atoms with Crippen molar-refractivity contribution in [2.75, 3.05) is 5.32 Å². The Morgan fingerprint density at radius 3 is 2.55 bits per heavy atom. The molecule has 1 unspecified atom stereocenters. The van der Waals surface area contributed by atoms with Crippen molar-refractivity contribution >= 4 is 33.2 Å². The van der Waals surface area contributed by atoms with Gasteiger partial charge in [-0.05, 0) is 27.4 Å². The van der Waals surface area contributed by atoms with Crippen LogP contribution in [0, 0.1) is 15.5 Å². The van der Waals surface area contributed by atoms with E-state index >= 15 is 0 Å². The van der Waals surface area contributed by atoms with Gasteiger partial charge in [-0.1, -0.05) is 20.8 Å². The Kier molecular flexibility index (Phi) is 5.24. The van der Waals surface area contributed by atoms with Crippen LogP contribution in [0.25, 0.3) is 0 Å². The Morgan fingerprint density at radius 1 is 1.50 bits per heavy atom. The molecule has 1 amide bonds. The summed E-state index contributed by atoms with van der Waals surface area (Å²) in [6.07, 6.45) is 0.187. The highest BCUT2D eigenvalue weighted by atomic mass is 79.9. The van der Waals surface area contributed by atoms with Gasteiger partial charge in [0.15, 0.2) is 0 Å². The van der Waals surface area contributed by atoms with Crippen molar-refractivity contribution in [3.63, 3.8) is 0 Å². The van der Waals surface area contributed by atoms with E-state index in [-0.39, 0.29) is 29.5 Å². The fourth-order valence-corrected chi connectivity index (χ4v) is 1.89. The second-order valence-corrected chi connectivity index (χ2v) is 6.50. The average Bonchev–Trinajstić information content (AvgIpc) is 2.30. The lowest BCUT2D eigenvalue weighted by atomic mass is 9.85. The van der Waals surface area contributed by atoms with Gasteiger partial charge in [-0.2, -0.15) is 0 Å². The van der Waals surface area contributed by atoms with E-state index in [0.29, 0.717) is 10.2 Å². The highest BCUT2D eigenvalue weighted by molar-refractivity contribution is 9.10. The number of nitrogens with zero attached hydrogens (tertiary/aromatic N) is 1. The third kappa shape index (κ3) is 4.57. The molecule has 1 aromatic rings. The molecule has 0 saturated heterocycles. The van der Waals surface area contributed by atoms with Gasteiger partial charge in [0.25, 0.3) is 5.69 Å². The van der Waals surface area contributed by atoms with Crippen molar-refractivity contribution in [1.82, 2.24) is 0 Å². The fraction of sp³-hybridized carbons (Fsp3) is 0.462. The fourth-order valence-electron chi connectivity index (χ4n) is 1.43. The molecule has 1 aromatic carbocycles. The van der Waals surface area contributed by atoms with Crippen LogP contribution in [0.3, 0.4) is 0 Å². The van der Waals surface area contributed by atoms with Crippen LogP contribution in [-0.4, -0.2) is 16.9 Å². The third-order valence-electron chi connectivity index (χ3n) is 2.96. The molecule has 20 heavy (non-hydrogen) atoms. The minimum atomic E-state index is -0.494. The maximum absolute atomic E-state index is 11.9. The largest absolute Gasteiger partial charge is 0.327 e. The van der Waals surface area contributed by atoms with Crippen molar-refractivity contribution < 1.29 is 9.72 Å². The predicted molar refractivity (Wildman–Crippen MR) is 81.5 cm³/mol. The number of nitro groups is 1. The highest BCUT2D eigenvalue weighted by Crippen LogP contribution is 2.27. The first kappa shape index (κ1) is 16.6. The minimum absolute atomic E-state index is 0.0405. The van der Waals surface area contributed by atoms with E-state index in [4.69, 9.17) is 5.73 Å². The van der Waals surface area contributed by atoms with Crippen molar-refractivity contribution in [1.29, 1.82) is 0 Å². The van der Waals surface area contributed by atoms with E-state index in [2.05, 4.69) is 21.2 Å². The second-order valence-electron chi connectivity index (χ2n) is 5.65. The number of rotatable bonds is 4. The number of nitro benzene ring substituents is 1. The number of nitrogens with two attached hydrogens (primary N) is 1. The van der Waals surface area contributed by atoms with Gasteiger partial charge in [-0.3, -0.25) is 14.9 Å². The molecule has 0 bridgehead atoms. The van der Waals surface area contributed by atoms with E-state index in [9.17, 15) is 14.9 Å². The molecular formula is C13H18BrN3O3. The maximum atomic E-state index is 11.9. The molecule has 3 N–H and O–H groups in total. The molecule has 1 atom stereocenters. The van der Waals surface area contributed by atoms with Crippen LogP contribution >= 0.6 is 15.9 Å². The molecule has 110 valence electrons. The van der Waals surface area contributed by atoms with Gasteiger partial charge in [0.2, 0.25) is 5.91 Å². The number of nitrogens with one attached hydrogen (secondary N) is 1. The number of hydrogen-bond acceptors (Lipinski definition) is 4. The molecule has 0 aliphatic carbocycles. The van der Waals surface area contributed by atoms with E-state index in [1.807, 2.05) is 20.8 Å². The SMILES string of the molecule is CC(C)(C)C(N)CC(=O)Nc1ccc([N+](=O)[O-])cc1Br. The summed E-state index contributed by atoms with van der Waals surface area (Å²) < 4.78 is 0.462. The number of amides is 1. The van der Waals surface area contributed by atoms with Crippen LogP contribution in [0.15, 0.2) is 22.7 Å². The first-order valence-electron chi connectivity index (χ1n) is 6.10. The average molecular weight is 344 g/mol. The van der Waals surface area contributed by atoms with Crippen LogP contribution in [0.5, 0.6) is 0 Å². The standard InChI is InChI=1S/C13H18BrN3O3/c1-13(2,3)11(15)7-12(18)16-10-5-4-8(17(19)20)6-9(10)14/h4-6,11H,7,15H2,1-3H3,(H,16,18). The van der Waals surface area contributed by atoms with Crippen molar-refractivity contribution in [2.24, 2.45) is 11.1 Å². The second kappa shape index (κ2) is 6.32. The van der Waals surface area contributed by atoms with Gasteiger partial charge in [-0.15, -0.1) is 0 Å². The summed E-state index contributed by atoms with van der Waals surface area (Å²) in [4.78, 5) is 22.0. The zero-order valence-corrected chi connectivity index (χ0v) is 13.2. The Hall–Kier alpha value is -1.47. The number of anilines is 1. The van der Waals surface area contributed by atoms with Gasteiger partial charge in [-0.25, -0.2) is 0 Å². The number of hydrogen-bond donors (Lipinski definition) is 2. The quantitative estimate of drug-likeness (QED) is 0.648. The summed E-state index contributed by atoms with van der Waals surface area (Å²) in [5.41, 5.74) is 6.23. The molecule has 0 heterocycles. The van der Waals surface area contributed by atoms with Crippen molar-refractivity contribution in [3.05, 3.63) is 32.8 Å². The summed E-state index contributed by atoms with van der Waals surface area (Å²) in [7, 11) is 0. The van der Waals surface area contributed by atoms with Crippen LogP contribution in [0.1, 0.15) is 27.2 Å². The van der Waals surface area contributed by atoms with E-state index in [1.165, 1.54) is 18.2 Å². The van der Waals surface area contributed by atoms with Gasteiger partial charge < -0.3 is 11.1 Å². The predicted octanol–water partition coefficient (Wildman–Crippen LogP) is 3.06. The van der Waals surface area contributed by atoms with Gasteiger partial charge in [0, 0.05) is 29.1 Å². The zero-order chi connectivity index (χ0) is 15.5. The molecule has 0 radical (unpaired) electrons. The van der Waals surface area contributed by atoms with Crippen molar-refractivity contribution in [2.45, 2.75) is 33.2 Å². The number of carbonyl (C=O) groups excluding carboxylic acids is 1. The zero-order valence-electron chi connectivity index (χ0n) is 11.6. The number of non-ortho nitro benzene ring substituents is 1. The first-order chi connectivity index (χ1) is 9.11. The van der Waals surface area contributed by atoms with Crippen LogP contribution in [0.4, 0.5) is 11.4 Å². The van der Waals surface area contributed by atoms with E-state index in [1.54, 1.807) is 0 Å². The number of benzene rings is 1. The van der Waals surface area contributed by atoms with Gasteiger partial charge in [0.1, 0.15) is 0 Å². The normalized spacial score (nSPS) is 12.8. The lowest BCUT2D eigenvalue weighted by Crippen LogP contribution is -2.38. The molecule has 7 heteroatoms. The van der Waals surface area contributed by atoms with E-state index in [0.717, 1.165) is 0 Å². The summed E-state index contributed by atoms with van der Waals surface area (Å²) in [6.45, 7) is 5.90. The molecule has 0 aliphatic heterocycles. The topological polar surface area (TPSA) is 98.3 Å². The first-order valence-corrected chi connectivity index (χ1v) is 6.90. The van der Waals surface area contributed by atoms with Gasteiger partial charge >= 0.3 is 0 Å². The molecule has 0 fully saturated rings.